The first kappa shape index (κ1) is 58.6. The first-order chi connectivity index (χ1) is 35.0. The largest absolute Gasteiger partial charge is 0.459 e. The second kappa shape index (κ2) is 25.0. The molecule has 2 N–H and O–H groups in total. The third-order valence-electron chi connectivity index (χ3n) is 15.8. The number of hydrogen-bond acceptors (Lipinski definition) is 16. The number of carbonyl (C=O) groups excluding carboxylic acids is 4. The number of methoxy groups -OCH3 is 2. The van der Waals surface area contributed by atoms with E-state index in [4.69, 9.17) is 42.6 Å². The average molecular weight is 1030 g/mol. The number of ketones is 1. The molecule has 3 aliphatic rings. The fourth-order valence-corrected chi connectivity index (χ4v) is 11.4. The van der Waals surface area contributed by atoms with Gasteiger partial charge in [-0.25, -0.2) is 9.59 Å². The van der Waals surface area contributed by atoms with Gasteiger partial charge in [0.2, 0.25) is 0 Å². The highest BCUT2D eigenvalue weighted by Crippen LogP contribution is 2.43. The molecule has 3 aliphatic heterocycles. The van der Waals surface area contributed by atoms with Crippen molar-refractivity contribution in [2.75, 3.05) is 28.3 Å². The number of benzene rings is 3. The Kier molecular flexibility index (Phi) is 19.8. The third kappa shape index (κ3) is 13.1. The van der Waals surface area contributed by atoms with Crippen LogP contribution in [0.25, 0.3) is 0 Å². The summed E-state index contributed by atoms with van der Waals surface area (Å²) in [7, 11) is 6.81. The molecule has 0 spiro atoms. The molecule has 3 saturated heterocycles. The number of aliphatic hydroxyl groups excluding tert-OH is 1. The van der Waals surface area contributed by atoms with Crippen LogP contribution in [0.2, 0.25) is 0 Å². The summed E-state index contributed by atoms with van der Waals surface area (Å²) in [6, 6.07) is 25.9. The number of cyclic esters (lactones) is 1. The number of nitrogens with zero attached hydrogens (tertiary/aromatic N) is 1. The van der Waals surface area contributed by atoms with Gasteiger partial charge in [-0.15, -0.1) is 0 Å². The van der Waals surface area contributed by atoms with E-state index in [9.17, 15) is 24.6 Å². The van der Waals surface area contributed by atoms with Gasteiger partial charge in [-0.05, 0) is 97.8 Å². The number of likely N-dealkylation sites (N-methyl/N-ethyl adjacent to an activating group) is 1. The average Bonchev–Trinajstić information content (AvgIpc) is 3.39. The summed E-state index contributed by atoms with van der Waals surface area (Å²) in [5.41, 5.74) is -3.33. The van der Waals surface area contributed by atoms with Gasteiger partial charge in [-0.2, -0.15) is 0 Å². The second-order valence-corrected chi connectivity index (χ2v) is 21.6. The van der Waals surface area contributed by atoms with Crippen LogP contribution in [0.5, 0.6) is 0 Å². The number of hydrogen-bond donors (Lipinski definition) is 2. The van der Waals surface area contributed by atoms with Gasteiger partial charge < -0.3 is 57.7 Å². The lowest BCUT2D eigenvalue weighted by Gasteiger charge is -2.50. The smallest absolute Gasteiger partial charge is 0.338 e. The number of esters is 3. The molecule has 6 rings (SSSR count). The van der Waals surface area contributed by atoms with Crippen molar-refractivity contribution in [2.24, 2.45) is 23.7 Å². The van der Waals surface area contributed by atoms with Crippen molar-refractivity contribution in [1.29, 1.82) is 0 Å². The van der Waals surface area contributed by atoms with Crippen LogP contribution >= 0.6 is 0 Å². The molecule has 18 atom stereocenters. The van der Waals surface area contributed by atoms with Crippen LogP contribution in [-0.2, 0) is 58.6 Å². The van der Waals surface area contributed by atoms with Gasteiger partial charge in [-0.1, -0.05) is 94.4 Å². The minimum atomic E-state index is -2.12. The minimum Gasteiger partial charge on any atom is -0.459 e. The second-order valence-electron chi connectivity index (χ2n) is 21.6. The lowest BCUT2D eigenvalue weighted by Crippen LogP contribution is -2.62. The molecule has 16 heteroatoms. The lowest BCUT2D eigenvalue weighted by molar-refractivity contribution is -0.318. The Morgan fingerprint density at radius 1 is 0.716 bits per heavy atom. The van der Waals surface area contributed by atoms with Crippen molar-refractivity contribution in [2.45, 2.75) is 179 Å². The number of carbonyl (C=O) groups is 4. The molecule has 74 heavy (non-hydrogen) atoms. The topological polar surface area (TPSA) is 195 Å². The predicted octanol–water partition coefficient (Wildman–Crippen LogP) is 7.39. The van der Waals surface area contributed by atoms with E-state index in [-0.39, 0.29) is 43.6 Å². The van der Waals surface area contributed by atoms with Crippen LogP contribution in [0.1, 0.15) is 114 Å². The molecule has 0 aromatic heterocycles. The summed E-state index contributed by atoms with van der Waals surface area (Å²) in [5, 5.41) is 25.2. The molecule has 0 bridgehead atoms. The normalized spacial score (nSPS) is 37.6. The van der Waals surface area contributed by atoms with E-state index in [1.807, 2.05) is 38.9 Å². The Morgan fingerprint density at radius 2 is 1.26 bits per heavy atom. The summed E-state index contributed by atoms with van der Waals surface area (Å²) in [5.74, 6) is -6.22. The lowest BCUT2D eigenvalue weighted by atomic mass is 9.72. The monoisotopic (exact) mass is 1030 g/mol. The Balaban J connectivity index is 1.47. The van der Waals surface area contributed by atoms with Crippen molar-refractivity contribution in [3.05, 3.63) is 108 Å². The van der Waals surface area contributed by atoms with Crippen LogP contribution in [0.15, 0.2) is 91.0 Å². The summed E-state index contributed by atoms with van der Waals surface area (Å²) in [4.78, 5) is 59.3. The quantitative estimate of drug-likeness (QED) is 0.120. The zero-order valence-electron chi connectivity index (χ0n) is 45.5. The van der Waals surface area contributed by atoms with Crippen LogP contribution in [-0.4, -0.2) is 151 Å². The van der Waals surface area contributed by atoms with E-state index in [1.165, 1.54) is 14.2 Å². The first-order valence-electron chi connectivity index (χ1n) is 26.1. The van der Waals surface area contributed by atoms with Gasteiger partial charge >= 0.3 is 17.9 Å². The first-order valence-corrected chi connectivity index (χ1v) is 26.1. The summed E-state index contributed by atoms with van der Waals surface area (Å²) in [6.45, 7) is 15.8. The Labute approximate surface area is 437 Å². The van der Waals surface area contributed by atoms with Crippen LogP contribution in [0, 0.1) is 23.7 Å². The molecule has 0 aliphatic carbocycles. The van der Waals surface area contributed by atoms with E-state index in [2.05, 4.69) is 0 Å². The molecule has 3 aromatic rings. The van der Waals surface area contributed by atoms with Crippen LogP contribution in [0.3, 0.4) is 0 Å². The molecule has 16 nitrogen and oxygen atoms in total. The van der Waals surface area contributed by atoms with E-state index in [1.54, 1.807) is 133 Å². The van der Waals surface area contributed by atoms with Crippen molar-refractivity contribution in [1.82, 2.24) is 4.90 Å². The van der Waals surface area contributed by atoms with Crippen LogP contribution < -0.4 is 0 Å². The van der Waals surface area contributed by atoms with Crippen molar-refractivity contribution >= 4 is 23.7 Å². The maximum atomic E-state index is 15.1. The molecular formula is C58H81NO15. The standard InChI is InChI=1S/C58H81NO15/c1-14-44-58(65,32-40-24-18-15-19-25-40)49(61)36(4)46(60)34(2)31-56(8,66-12)50(74-55-48(43(59(10)11)30-35(3)68-55)72-53(63)41-26-20-16-21-27-41)37(5)47(38(6)52(62)70-44)71-45-33-57(9,67-13)51(39(7)69-45)73-54(64)42-28-22-17-23-29-42/h15-29,34-39,43-45,47-51,55,61,65H,14,30-33H2,1-13H3/t34-,35-,36+,37+,38-,39+,43+,44-,45?,47+,48-,49-,50-,51+,55?,56+,57-,58-/m1/s1. The Morgan fingerprint density at radius 3 is 1.80 bits per heavy atom. The third-order valence-corrected chi connectivity index (χ3v) is 15.8. The molecular weight excluding hydrogens is 951 g/mol. The molecule has 0 amide bonds. The highest BCUT2D eigenvalue weighted by atomic mass is 16.7. The zero-order valence-corrected chi connectivity index (χ0v) is 45.5. The highest BCUT2D eigenvalue weighted by molar-refractivity contribution is 5.90. The van der Waals surface area contributed by atoms with E-state index < -0.39 is 114 Å². The minimum absolute atomic E-state index is 0.0231. The van der Waals surface area contributed by atoms with E-state index in [0.717, 1.165) is 0 Å². The summed E-state index contributed by atoms with van der Waals surface area (Å²) >= 11 is 0. The molecule has 3 aromatic carbocycles. The van der Waals surface area contributed by atoms with Gasteiger partial charge in [0.15, 0.2) is 24.8 Å². The van der Waals surface area contributed by atoms with Gasteiger partial charge in [0.1, 0.15) is 23.1 Å². The number of rotatable bonds is 14. The van der Waals surface area contributed by atoms with Gasteiger partial charge in [-0.3, -0.25) is 9.59 Å². The fraction of sp³-hybridized carbons (Fsp3) is 0.621. The van der Waals surface area contributed by atoms with Gasteiger partial charge in [0.25, 0.3) is 0 Å². The Bertz CT molecular complexity index is 2300. The highest BCUT2D eigenvalue weighted by Gasteiger charge is 2.56. The maximum absolute atomic E-state index is 15.1. The number of aliphatic hydroxyl groups is 2. The van der Waals surface area contributed by atoms with Gasteiger partial charge in [0, 0.05) is 44.8 Å². The molecule has 408 valence electrons. The zero-order chi connectivity index (χ0) is 54.3. The SMILES string of the molecule is CC[C@H]1OC(=O)[C@H](C)[C@@H](OC2C[C@@](C)(OC)[C@@H](OC(=O)c3ccccc3)[C@H](C)O2)[C@H](C)[C@@H](OC2O[C@H](C)C[C@H](N(C)C)[C@H]2OC(=O)c2ccccc2)[C@@](C)(OC)C[C@@H](C)C(=O)[C@H](C)[C@@H](O)[C@@]1(O)Cc1ccccc1. The van der Waals surface area contributed by atoms with E-state index >= 15 is 4.79 Å². The fourth-order valence-electron chi connectivity index (χ4n) is 11.4. The van der Waals surface area contributed by atoms with Gasteiger partial charge in [0.05, 0.1) is 59.2 Å². The molecule has 0 radical (unpaired) electrons. The van der Waals surface area contributed by atoms with Crippen LogP contribution in [0.4, 0.5) is 0 Å². The molecule has 3 fully saturated rings. The maximum Gasteiger partial charge on any atom is 0.338 e. The molecule has 0 saturated carbocycles. The van der Waals surface area contributed by atoms with Crippen molar-refractivity contribution in [3.63, 3.8) is 0 Å². The summed E-state index contributed by atoms with van der Waals surface area (Å²) < 4.78 is 59.0. The van der Waals surface area contributed by atoms with Crippen molar-refractivity contribution < 1.29 is 72.0 Å². The van der Waals surface area contributed by atoms with Crippen molar-refractivity contribution in [3.8, 4) is 0 Å². The predicted molar refractivity (Wildman–Crippen MR) is 275 cm³/mol. The number of Topliss-reactive ketones (excluding diaryl/α,β-unsaturated/α-hetero) is 1. The van der Waals surface area contributed by atoms with E-state index in [0.29, 0.717) is 23.1 Å². The molecule has 2 unspecified atom stereocenters. The molecule has 3 heterocycles. The Hall–Kier alpha value is -4.62. The summed E-state index contributed by atoms with van der Waals surface area (Å²) in [6.07, 6.45) is -10.1. The number of ether oxygens (including phenoxy) is 9.